The molecule has 2 heterocycles. The van der Waals surface area contributed by atoms with Crippen LogP contribution in [0.1, 0.15) is 59.8 Å². The summed E-state index contributed by atoms with van der Waals surface area (Å²) in [4.78, 5) is 21.7. The van der Waals surface area contributed by atoms with Crippen LogP contribution in [0, 0.1) is 5.92 Å². The van der Waals surface area contributed by atoms with Gasteiger partial charge in [0.1, 0.15) is 0 Å². The molecule has 3 aliphatic rings. The number of nitrogens with zero attached hydrogens (tertiary/aromatic N) is 3. The number of guanidine groups is 1. The van der Waals surface area contributed by atoms with Crippen LogP contribution < -0.4 is 10.6 Å². The van der Waals surface area contributed by atoms with Gasteiger partial charge in [-0.05, 0) is 47.0 Å². The topological polar surface area (TPSA) is 69.2 Å². The van der Waals surface area contributed by atoms with Crippen LogP contribution in [0.5, 0.6) is 0 Å². The third-order valence-electron chi connectivity index (χ3n) is 6.73. The summed E-state index contributed by atoms with van der Waals surface area (Å²) < 4.78 is 5.88. The van der Waals surface area contributed by atoms with E-state index in [4.69, 9.17) is 4.74 Å². The normalized spacial score (nSPS) is 29.0. The molecule has 3 atom stereocenters. The third kappa shape index (κ3) is 6.69. The molecule has 0 bridgehead atoms. The number of ether oxygens (including phenoxy) is 1. The highest BCUT2D eigenvalue weighted by atomic mass is 127. The molecule has 3 rings (SSSR count). The van der Waals surface area contributed by atoms with E-state index in [9.17, 15) is 4.79 Å². The molecule has 1 aliphatic carbocycles. The average molecular weight is 536 g/mol. The summed E-state index contributed by atoms with van der Waals surface area (Å²) in [6.07, 6.45) is 6.07. The Morgan fingerprint density at radius 3 is 2.33 bits per heavy atom. The van der Waals surface area contributed by atoms with Gasteiger partial charge in [0.05, 0.1) is 12.2 Å². The predicted molar refractivity (Wildman–Crippen MR) is 133 cm³/mol. The van der Waals surface area contributed by atoms with E-state index in [0.717, 1.165) is 57.9 Å². The number of carbonyl (C=O) groups is 1. The molecule has 0 spiro atoms. The number of aliphatic imine (C=N–C) groups is 1. The van der Waals surface area contributed by atoms with Gasteiger partial charge in [-0.1, -0.05) is 12.8 Å². The largest absolute Gasteiger partial charge is 0.373 e. The molecule has 7 nitrogen and oxygen atoms in total. The Labute approximate surface area is 199 Å². The first-order chi connectivity index (χ1) is 13.8. The number of nitrogens with one attached hydrogen (secondary N) is 2. The van der Waals surface area contributed by atoms with E-state index in [-0.39, 0.29) is 53.7 Å². The van der Waals surface area contributed by atoms with E-state index >= 15 is 0 Å². The molecule has 2 aliphatic heterocycles. The van der Waals surface area contributed by atoms with Gasteiger partial charge in [0.15, 0.2) is 5.96 Å². The van der Waals surface area contributed by atoms with Gasteiger partial charge in [0, 0.05) is 57.3 Å². The average Bonchev–Trinajstić information content (AvgIpc) is 3.36. The van der Waals surface area contributed by atoms with Crippen molar-refractivity contribution in [3.63, 3.8) is 0 Å². The van der Waals surface area contributed by atoms with Gasteiger partial charge in [0.2, 0.25) is 5.91 Å². The van der Waals surface area contributed by atoms with Gasteiger partial charge in [-0.15, -0.1) is 24.0 Å². The van der Waals surface area contributed by atoms with E-state index in [1.165, 1.54) is 12.8 Å². The summed E-state index contributed by atoms with van der Waals surface area (Å²) in [5.74, 6) is 1.46. The highest BCUT2D eigenvalue weighted by Crippen LogP contribution is 2.28. The molecule has 1 amide bonds. The number of likely N-dealkylation sites (tertiary alicyclic amines) is 1. The predicted octanol–water partition coefficient (Wildman–Crippen LogP) is 2.45. The van der Waals surface area contributed by atoms with Gasteiger partial charge in [-0.2, -0.15) is 0 Å². The van der Waals surface area contributed by atoms with Crippen LogP contribution in [-0.2, 0) is 9.53 Å². The number of hydrogen-bond donors (Lipinski definition) is 2. The molecule has 3 unspecified atom stereocenters. The Hall–Kier alpha value is -0.610. The molecule has 8 heteroatoms. The SMILES string of the molecule is CN=C(NCC(C)(C)N1CC(C)OC(C)C1)NC1CCN(C(=O)C2CCCC2)C1.I. The van der Waals surface area contributed by atoms with Gasteiger partial charge in [0.25, 0.3) is 0 Å². The summed E-state index contributed by atoms with van der Waals surface area (Å²) in [5.41, 5.74) is 0.00404. The van der Waals surface area contributed by atoms with E-state index in [1.54, 1.807) is 0 Å². The van der Waals surface area contributed by atoms with Crippen molar-refractivity contribution in [3.8, 4) is 0 Å². The maximum atomic E-state index is 12.7. The lowest BCUT2D eigenvalue weighted by molar-refractivity contribution is -0.134. The van der Waals surface area contributed by atoms with Crippen molar-refractivity contribution < 1.29 is 9.53 Å². The van der Waals surface area contributed by atoms with Crippen LogP contribution in [0.3, 0.4) is 0 Å². The zero-order valence-corrected chi connectivity index (χ0v) is 21.8. The molecule has 2 N–H and O–H groups in total. The van der Waals surface area contributed by atoms with Crippen LogP contribution in [0.25, 0.3) is 0 Å². The Kier molecular flexibility index (Phi) is 9.67. The zero-order valence-electron chi connectivity index (χ0n) is 19.4. The first kappa shape index (κ1) is 25.6. The number of carbonyl (C=O) groups excluding carboxylic acids is 1. The Bertz CT molecular complexity index is 584. The number of morpholine rings is 1. The molecule has 174 valence electrons. The lowest BCUT2D eigenvalue weighted by Crippen LogP contribution is -2.59. The molecule has 0 aromatic rings. The van der Waals surface area contributed by atoms with Gasteiger partial charge in [-0.3, -0.25) is 14.7 Å². The van der Waals surface area contributed by atoms with E-state index < -0.39 is 0 Å². The molecule has 0 aromatic carbocycles. The van der Waals surface area contributed by atoms with Crippen molar-refractivity contribution in [2.24, 2.45) is 10.9 Å². The Balaban J connectivity index is 0.00000320. The summed E-state index contributed by atoms with van der Waals surface area (Å²) in [7, 11) is 1.82. The van der Waals surface area contributed by atoms with Crippen molar-refractivity contribution in [2.45, 2.75) is 83.6 Å². The quantitative estimate of drug-likeness (QED) is 0.322. The molecule has 0 aromatic heterocycles. The van der Waals surface area contributed by atoms with E-state index in [0.29, 0.717) is 5.91 Å². The fourth-order valence-corrected chi connectivity index (χ4v) is 4.98. The number of rotatable bonds is 5. The van der Waals surface area contributed by atoms with Crippen molar-refractivity contribution in [1.82, 2.24) is 20.4 Å². The van der Waals surface area contributed by atoms with Gasteiger partial charge >= 0.3 is 0 Å². The maximum Gasteiger partial charge on any atom is 0.225 e. The molecular formula is C22H42IN5O2. The maximum absolute atomic E-state index is 12.7. The van der Waals surface area contributed by atoms with Crippen molar-refractivity contribution in [3.05, 3.63) is 0 Å². The van der Waals surface area contributed by atoms with Crippen LogP contribution in [0.4, 0.5) is 0 Å². The number of hydrogen-bond acceptors (Lipinski definition) is 4. The Morgan fingerprint density at radius 1 is 1.10 bits per heavy atom. The summed E-state index contributed by atoms with van der Waals surface area (Å²) in [6.45, 7) is 13.2. The van der Waals surface area contributed by atoms with Crippen molar-refractivity contribution in [2.75, 3.05) is 39.8 Å². The van der Waals surface area contributed by atoms with Crippen LogP contribution in [0.2, 0.25) is 0 Å². The molecule has 0 radical (unpaired) electrons. The number of halogens is 1. The molecule has 30 heavy (non-hydrogen) atoms. The van der Waals surface area contributed by atoms with Crippen LogP contribution >= 0.6 is 24.0 Å². The fraction of sp³-hybridized carbons (Fsp3) is 0.909. The second-order valence-corrected chi connectivity index (χ2v) is 9.80. The molecule has 3 fully saturated rings. The lowest BCUT2D eigenvalue weighted by atomic mass is 10.00. The zero-order chi connectivity index (χ0) is 21.0. The van der Waals surface area contributed by atoms with Crippen molar-refractivity contribution >= 4 is 35.8 Å². The Morgan fingerprint density at radius 2 is 1.73 bits per heavy atom. The first-order valence-electron chi connectivity index (χ1n) is 11.4. The highest BCUT2D eigenvalue weighted by Gasteiger charge is 2.34. The first-order valence-corrected chi connectivity index (χ1v) is 11.4. The van der Waals surface area contributed by atoms with Crippen LogP contribution in [0.15, 0.2) is 4.99 Å². The van der Waals surface area contributed by atoms with Crippen molar-refractivity contribution in [1.29, 1.82) is 0 Å². The monoisotopic (exact) mass is 535 g/mol. The second kappa shape index (κ2) is 11.3. The van der Waals surface area contributed by atoms with Gasteiger partial charge < -0.3 is 20.3 Å². The summed E-state index contributed by atoms with van der Waals surface area (Å²) in [5, 5.41) is 7.05. The fourth-order valence-electron chi connectivity index (χ4n) is 4.98. The minimum absolute atomic E-state index is 0. The highest BCUT2D eigenvalue weighted by molar-refractivity contribution is 14.0. The third-order valence-corrected chi connectivity index (χ3v) is 6.73. The number of amides is 1. The van der Waals surface area contributed by atoms with E-state index in [1.807, 2.05) is 7.05 Å². The molecule has 1 saturated carbocycles. The smallest absolute Gasteiger partial charge is 0.225 e. The summed E-state index contributed by atoms with van der Waals surface area (Å²) >= 11 is 0. The lowest BCUT2D eigenvalue weighted by Gasteiger charge is -2.45. The molecule has 2 saturated heterocycles. The standard InChI is InChI=1S/C22H41N5O2.HI/c1-16-12-27(13-17(2)29-16)22(3,4)15-24-21(23-5)25-19-10-11-26(14-19)20(28)18-8-6-7-9-18;/h16-19H,6-15H2,1-5H3,(H2,23,24,25);1H. The van der Waals surface area contributed by atoms with Crippen LogP contribution in [-0.4, -0.2) is 85.2 Å². The second-order valence-electron chi connectivity index (χ2n) is 9.80. The van der Waals surface area contributed by atoms with Gasteiger partial charge in [-0.25, -0.2) is 0 Å². The minimum Gasteiger partial charge on any atom is -0.373 e. The minimum atomic E-state index is 0. The molecular weight excluding hydrogens is 493 g/mol. The summed E-state index contributed by atoms with van der Waals surface area (Å²) in [6, 6.07) is 0.276. The van der Waals surface area contributed by atoms with E-state index in [2.05, 4.69) is 53.1 Å².